The molecule has 1 aromatic carbocycles. The van der Waals surface area contributed by atoms with Gasteiger partial charge in [0.05, 0.1) is 6.10 Å². The molecule has 86 valence electrons. The van der Waals surface area contributed by atoms with Crippen molar-refractivity contribution in [1.82, 2.24) is 4.90 Å². The first-order valence-electron chi connectivity index (χ1n) is 5.31. The maximum absolute atomic E-state index is 13.1. The van der Waals surface area contributed by atoms with Crippen molar-refractivity contribution in [2.75, 3.05) is 13.1 Å². The van der Waals surface area contributed by atoms with Crippen molar-refractivity contribution in [3.05, 3.63) is 35.1 Å². The zero-order valence-corrected chi connectivity index (χ0v) is 9.11. The molecule has 1 saturated heterocycles. The van der Waals surface area contributed by atoms with E-state index in [2.05, 4.69) is 0 Å². The maximum Gasteiger partial charge on any atom is 0.254 e. The number of aliphatic hydroxyl groups is 1. The maximum atomic E-state index is 13.1. The number of likely N-dealkylation sites (tertiary alicyclic amines) is 1. The fourth-order valence-corrected chi connectivity index (χ4v) is 1.97. The van der Waals surface area contributed by atoms with E-state index in [1.165, 1.54) is 12.1 Å². The lowest BCUT2D eigenvalue weighted by atomic mass is 10.1. The lowest BCUT2D eigenvalue weighted by Gasteiger charge is -2.15. The van der Waals surface area contributed by atoms with Crippen LogP contribution in [-0.4, -0.2) is 35.1 Å². The number of nitrogens with zero attached hydrogens (tertiary/aromatic N) is 1. The Morgan fingerprint density at radius 2 is 2.25 bits per heavy atom. The molecular weight excluding hydrogens is 209 g/mol. The Bertz CT molecular complexity index is 399. The van der Waals surface area contributed by atoms with Gasteiger partial charge in [-0.25, -0.2) is 4.39 Å². The number of hydrogen-bond donors (Lipinski definition) is 1. The molecule has 1 amide bonds. The second-order valence-corrected chi connectivity index (χ2v) is 4.21. The molecular formula is C12H14FNO2. The van der Waals surface area contributed by atoms with Gasteiger partial charge in [-0.1, -0.05) is 0 Å². The van der Waals surface area contributed by atoms with Gasteiger partial charge in [-0.15, -0.1) is 0 Å². The summed E-state index contributed by atoms with van der Waals surface area (Å²) >= 11 is 0. The topological polar surface area (TPSA) is 40.5 Å². The lowest BCUT2D eigenvalue weighted by Crippen LogP contribution is -2.29. The van der Waals surface area contributed by atoms with Crippen molar-refractivity contribution >= 4 is 5.91 Å². The third-order valence-corrected chi connectivity index (χ3v) is 2.74. The summed E-state index contributed by atoms with van der Waals surface area (Å²) < 4.78 is 13.1. The Morgan fingerprint density at radius 1 is 1.50 bits per heavy atom. The molecule has 0 bridgehead atoms. The summed E-state index contributed by atoms with van der Waals surface area (Å²) in [6.07, 6.45) is 0.152. The Kier molecular flexibility index (Phi) is 2.92. The van der Waals surface area contributed by atoms with Crippen LogP contribution in [0.3, 0.4) is 0 Å². The summed E-state index contributed by atoms with van der Waals surface area (Å²) in [4.78, 5) is 13.5. The van der Waals surface area contributed by atoms with E-state index in [4.69, 9.17) is 0 Å². The largest absolute Gasteiger partial charge is 0.391 e. The van der Waals surface area contributed by atoms with Crippen LogP contribution in [0.15, 0.2) is 18.2 Å². The Balaban J connectivity index is 2.20. The zero-order valence-electron chi connectivity index (χ0n) is 9.11. The Morgan fingerprint density at radius 3 is 2.81 bits per heavy atom. The van der Waals surface area contributed by atoms with Crippen LogP contribution in [0.2, 0.25) is 0 Å². The summed E-state index contributed by atoms with van der Waals surface area (Å²) in [6.45, 7) is 2.63. The number of hydrogen-bond acceptors (Lipinski definition) is 2. The monoisotopic (exact) mass is 223 g/mol. The lowest BCUT2D eigenvalue weighted by molar-refractivity contribution is 0.0764. The quantitative estimate of drug-likeness (QED) is 0.780. The van der Waals surface area contributed by atoms with Crippen molar-refractivity contribution < 1.29 is 14.3 Å². The van der Waals surface area contributed by atoms with E-state index in [-0.39, 0.29) is 5.91 Å². The van der Waals surface area contributed by atoms with Crippen LogP contribution in [0.4, 0.5) is 4.39 Å². The van der Waals surface area contributed by atoms with Gasteiger partial charge in [-0.2, -0.15) is 0 Å². The Labute approximate surface area is 93.5 Å². The summed E-state index contributed by atoms with van der Waals surface area (Å²) in [7, 11) is 0. The van der Waals surface area contributed by atoms with E-state index in [1.54, 1.807) is 17.9 Å². The SMILES string of the molecule is Cc1cc(F)cc(C(=O)N2CC[C@H](O)C2)c1. The van der Waals surface area contributed by atoms with Crippen LogP contribution in [0.25, 0.3) is 0 Å². The predicted octanol–water partition coefficient (Wildman–Crippen LogP) is 1.34. The standard InChI is InChI=1S/C12H14FNO2/c1-8-4-9(6-10(13)5-8)12(16)14-3-2-11(15)7-14/h4-6,11,15H,2-3,7H2,1H3/t11-/m0/s1. The van der Waals surface area contributed by atoms with Crippen LogP contribution >= 0.6 is 0 Å². The van der Waals surface area contributed by atoms with Crippen LogP contribution in [0, 0.1) is 12.7 Å². The van der Waals surface area contributed by atoms with E-state index in [9.17, 15) is 14.3 Å². The zero-order chi connectivity index (χ0) is 11.7. The summed E-state index contributed by atoms with van der Waals surface area (Å²) in [6, 6.07) is 4.28. The number of β-amino-alcohol motifs (C(OH)–C–C–N with tert-alkyl or cyclic N) is 1. The van der Waals surface area contributed by atoms with Crippen LogP contribution < -0.4 is 0 Å². The number of rotatable bonds is 1. The van der Waals surface area contributed by atoms with Crippen LogP contribution in [0.1, 0.15) is 22.3 Å². The van der Waals surface area contributed by atoms with Crippen LogP contribution in [-0.2, 0) is 0 Å². The molecule has 1 fully saturated rings. The predicted molar refractivity (Wildman–Crippen MR) is 57.7 cm³/mol. The van der Waals surface area contributed by atoms with Crippen molar-refractivity contribution in [3.8, 4) is 0 Å². The molecule has 1 N–H and O–H groups in total. The molecule has 0 aromatic heterocycles. The van der Waals surface area contributed by atoms with Gasteiger partial charge >= 0.3 is 0 Å². The number of carbonyl (C=O) groups is 1. The number of amides is 1. The molecule has 0 radical (unpaired) electrons. The molecule has 2 rings (SSSR count). The molecule has 0 spiro atoms. The minimum atomic E-state index is -0.446. The first-order chi connectivity index (χ1) is 7.56. The highest BCUT2D eigenvalue weighted by Crippen LogP contribution is 2.15. The molecule has 1 aliphatic rings. The Hall–Kier alpha value is -1.42. The second kappa shape index (κ2) is 4.22. The van der Waals surface area contributed by atoms with Gasteiger partial charge in [0.1, 0.15) is 5.82 Å². The van der Waals surface area contributed by atoms with E-state index in [0.29, 0.717) is 25.1 Å². The molecule has 4 heteroatoms. The molecule has 3 nitrogen and oxygen atoms in total. The number of aliphatic hydroxyl groups excluding tert-OH is 1. The molecule has 0 aliphatic carbocycles. The normalized spacial score (nSPS) is 20.2. The van der Waals surface area contributed by atoms with Crippen molar-refractivity contribution in [3.63, 3.8) is 0 Å². The first-order valence-corrected chi connectivity index (χ1v) is 5.31. The molecule has 1 aromatic rings. The van der Waals surface area contributed by atoms with E-state index in [1.807, 2.05) is 0 Å². The van der Waals surface area contributed by atoms with Gasteiger partial charge in [-0.05, 0) is 37.1 Å². The molecule has 1 aliphatic heterocycles. The molecule has 1 atom stereocenters. The molecule has 16 heavy (non-hydrogen) atoms. The summed E-state index contributed by atoms with van der Waals surface area (Å²) in [5.41, 5.74) is 1.08. The summed E-state index contributed by atoms with van der Waals surface area (Å²) in [5.74, 6) is -0.609. The summed E-state index contributed by atoms with van der Waals surface area (Å²) in [5, 5.41) is 9.34. The fraction of sp³-hybridized carbons (Fsp3) is 0.417. The second-order valence-electron chi connectivity index (χ2n) is 4.21. The van der Waals surface area contributed by atoms with Crippen LogP contribution in [0.5, 0.6) is 0 Å². The highest BCUT2D eigenvalue weighted by Gasteiger charge is 2.25. The van der Waals surface area contributed by atoms with Crippen molar-refractivity contribution in [2.45, 2.75) is 19.4 Å². The smallest absolute Gasteiger partial charge is 0.254 e. The minimum Gasteiger partial charge on any atom is -0.391 e. The minimum absolute atomic E-state index is 0.209. The number of aryl methyl sites for hydroxylation is 1. The van der Waals surface area contributed by atoms with Gasteiger partial charge in [0, 0.05) is 18.7 Å². The van der Waals surface area contributed by atoms with Gasteiger partial charge < -0.3 is 10.0 Å². The highest BCUT2D eigenvalue weighted by atomic mass is 19.1. The third-order valence-electron chi connectivity index (χ3n) is 2.74. The van der Waals surface area contributed by atoms with E-state index >= 15 is 0 Å². The van der Waals surface area contributed by atoms with Gasteiger partial charge in [-0.3, -0.25) is 4.79 Å². The van der Waals surface area contributed by atoms with Gasteiger partial charge in [0.2, 0.25) is 0 Å². The van der Waals surface area contributed by atoms with Gasteiger partial charge in [0.15, 0.2) is 0 Å². The number of halogens is 1. The average Bonchev–Trinajstić information content (AvgIpc) is 2.62. The molecule has 1 heterocycles. The molecule has 0 saturated carbocycles. The average molecular weight is 223 g/mol. The highest BCUT2D eigenvalue weighted by molar-refractivity contribution is 5.94. The first kappa shape index (κ1) is 11.1. The van der Waals surface area contributed by atoms with Crippen molar-refractivity contribution in [1.29, 1.82) is 0 Å². The number of carbonyl (C=O) groups excluding carboxylic acids is 1. The van der Waals surface area contributed by atoms with Crippen molar-refractivity contribution in [2.24, 2.45) is 0 Å². The van der Waals surface area contributed by atoms with E-state index in [0.717, 1.165) is 5.56 Å². The third kappa shape index (κ3) is 2.22. The van der Waals surface area contributed by atoms with E-state index < -0.39 is 11.9 Å². The fourth-order valence-electron chi connectivity index (χ4n) is 1.97. The molecule has 0 unspecified atom stereocenters. The van der Waals surface area contributed by atoms with Gasteiger partial charge in [0.25, 0.3) is 5.91 Å². The number of benzene rings is 1.